The van der Waals surface area contributed by atoms with Crippen molar-refractivity contribution in [3.8, 4) is 5.75 Å². The summed E-state index contributed by atoms with van der Waals surface area (Å²) >= 11 is 0.703. The number of aromatic hydroxyl groups is 1. The van der Waals surface area contributed by atoms with Crippen LogP contribution in [0, 0.1) is 13.8 Å². The van der Waals surface area contributed by atoms with Gasteiger partial charge in [0.1, 0.15) is 14.8 Å². The summed E-state index contributed by atoms with van der Waals surface area (Å²) in [5.74, 6) is -1.12. The second kappa shape index (κ2) is 5.38. The van der Waals surface area contributed by atoms with Gasteiger partial charge in [0.05, 0.1) is 5.69 Å². The number of phenols is 1. The van der Waals surface area contributed by atoms with E-state index in [1.54, 1.807) is 13.8 Å². The van der Waals surface area contributed by atoms with Crippen molar-refractivity contribution in [3.05, 3.63) is 40.3 Å². The lowest BCUT2D eigenvalue weighted by Crippen LogP contribution is -2.12. The van der Waals surface area contributed by atoms with E-state index < -0.39 is 16.0 Å². The van der Waals surface area contributed by atoms with Crippen LogP contribution in [0.25, 0.3) is 0 Å². The van der Waals surface area contributed by atoms with Crippen LogP contribution in [0.5, 0.6) is 5.75 Å². The Balaban J connectivity index is 2.38. The third kappa shape index (κ3) is 3.17. The van der Waals surface area contributed by atoms with Crippen LogP contribution in [0.3, 0.4) is 0 Å². The monoisotopic (exact) mass is 327 g/mol. The summed E-state index contributed by atoms with van der Waals surface area (Å²) in [5.41, 5.74) is 1.29. The number of carbonyl (C=O) groups is 1. The summed E-state index contributed by atoms with van der Waals surface area (Å²) in [6.07, 6.45) is 0. The van der Waals surface area contributed by atoms with E-state index in [1.807, 2.05) is 0 Å². The molecule has 1 aromatic carbocycles. The van der Waals surface area contributed by atoms with Gasteiger partial charge in [-0.3, -0.25) is 4.72 Å². The van der Waals surface area contributed by atoms with Crippen LogP contribution in [-0.2, 0) is 10.0 Å². The van der Waals surface area contributed by atoms with Crippen molar-refractivity contribution in [2.45, 2.75) is 18.1 Å². The minimum absolute atomic E-state index is 0.00203. The zero-order valence-corrected chi connectivity index (χ0v) is 12.9. The fraction of sp³-hybridized carbons (Fsp3) is 0.154. The van der Waals surface area contributed by atoms with Crippen molar-refractivity contribution in [1.82, 2.24) is 0 Å². The Labute approximate surface area is 125 Å². The second-order valence-electron chi connectivity index (χ2n) is 4.49. The zero-order valence-electron chi connectivity index (χ0n) is 11.2. The van der Waals surface area contributed by atoms with Gasteiger partial charge in [0.2, 0.25) is 0 Å². The molecule has 0 fully saturated rings. The second-order valence-corrected chi connectivity index (χ2v) is 7.45. The molecule has 0 bridgehead atoms. The molecule has 1 aromatic heterocycles. The van der Waals surface area contributed by atoms with Crippen LogP contribution in [-0.4, -0.2) is 24.6 Å². The highest BCUT2D eigenvalue weighted by Crippen LogP contribution is 2.29. The molecule has 0 unspecified atom stereocenters. The van der Waals surface area contributed by atoms with E-state index in [9.17, 15) is 18.3 Å². The molecular weight excluding hydrogens is 314 g/mol. The van der Waals surface area contributed by atoms with Gasteiger partial charge in [0.15, 0.2) is 0 Å². The molecule has 0 aliphatic carbocycles. The summed E-state index contributed by atoms with van der Waals surface area (Å²) in [5, 5.41) is 18.3. The lowest BCUT2D eigenvalue weighted by atomic mass is 10.2. The van der Waals surface area contributed by atoms with Crippen LogP contribution in [0.4, 0.5) is 5.69 Å². The predicted molar refractivity (Wildman–Crippen MR) is 79.7 cm³/mol. The largest absolute Gasteiger partial charge is 0.508 e. The lowest BCUT2D eigenvalue weighted by Gasteiger charge is -2.09. The quantitative estimate of drug-likeness (QED) is 0.749. The molecule has 6 nitrogen and oxygen atoms in total. The Bertz CT molecular complexity index is 808. The van der Waals surface area contributed by atoms with Crippen LogP contribution in [0.1, 0.15) is 20.8 Å². The number of phenolic OH excluding ortho intramolecular Hbond substituents is 1. The fourth-order valence-corrected chi connectivity index (χ4v) is 4.26. The standard InChI is InChI=1S/C13H13NO5S2/c1-7-5-9(15)3-4-10(7)14-21(18,19)11-6-8(2)12(20-11)13(16)17/h3-6,14-15H,1-2H3,(H,16,17). The molecule has 0 aliphatic heterocycles. The summed E-state index contributed by atoms with van der Waals surface area (Å²) < 4.78 is 26.9. The topological polar surface area (TPSA) is 104 Å². The molecule has 2 aromatic rings. The van der Waals surface area contributed by atoms with Gasteiger partial charge < -0.3 is 10.2 Å². The Kier molecular flexibility index (Phi) is 3.93. The molecule has 112 valence electrons. The van der Waals surface area contributed by atoms with Crippen LogP contribution < -0.4 is 4.72 Å². The molecule has 0 aliphatic rings. The fourth-order valence-electron chi connectivity index (χ4n) is 1.76. The van der Waals surface area contributed by atoms with Gasteiger partial charge in [-0.05, 0) is 49.2 Å². The highest BCUT2D eigenvalue weighted by molar-refractivity contribution is 7.94. The number of aromatic carboxylic acids is 1. The molecule has 0 amide bonds. The third-order valence-electron chi connectivity index (χ3n) is 2.81. The minimum Gasteiger partial charge on any atom is -0.508 e. The number of hydrogen-bond acceptors (Lipinski definition) is 5. The molecule has 0 spiro atoms. The molecule has 1 heterocycles. The summed E-state index contributed by atoms with van der Waals surface area (Å²) in [4.78, 5) is 11.0. The maximum Gasteiger partial charge on any atom is 0.346 e. The van der Waals surface area contributed by atoms with Crippen molar-refractivity contribution in [2.24, 2.45) is 0 Å². The normalized spacial score (nSPS) is 11.3. The minimum atomic E-state index is -3.86. The number of carboxylic acid groups (broad SMARTS) is 1. The van der Waals surface area contributed by atoms with Gasteiger partial charge in [-0.2, -0.15) is 0 Å². The van der Waals surface area contributed by atoms with Gasteiger partial charge in [-0.25, -0.2) is 13.2 Å². The number of hydrogen-bond donors (Lipinski definition) is 3. The predicted octanol–water partition coefficient (Wildman–Crippen LogP) is 2.57. The Morgan fingerprint density at radius 3 is 2.38 bits per heavy atom. The van der Waals surface area contributed by atoms with Crippen molar-refractivity contribution in [2.75, 3.05) is 4.72 Å². The van der Waals surface area contributed by atoms with Crippen LogP contribution in [0.15, 0.2) is 28.5 Å². The number of anilines is 1. The van der Waals surface area contributed by atoms with Gasteiger partial charge in [0, 0.05) is 0 Å². The summed E-state index contributed by atoms with van der Waals surface area (Å²) in [6.45, 7) is 3.20. The number of nitrogens with one attached hydrogen (secondary N) is 1. The van der Waals surface area contributed by atoms with Gasteiger partial charge in [0.25, 0.3) is 10.0 Å². The molecule has 21 heavy (non-hydrogen) atoms. The van der Waals surface area contributed by atoms with E-state index in [0.29, 0.717) is 28.2 Å². The zero-order chi connectivity index (χ0) is 15.8. The Morgan fingerprint density at radius 2 is 1.86 bits per heavy atom. The van der Waals surface area contributed by atoms with Crippen molar-refractivity contribution in [1.29, 1.82) is 0 Å². The number of benzene rings is 1. The van der Waals surface area contributed by atoms with Crippen molar-refractivity contribution < 1.29 is 23.4 Å². The molecule has 0 saturated heterocycles. The van der Waals surface area contributed by atoms with Crippen molar-refractivity contribution in [3.63, 3.8) is 0 Å². The molecule has 8 heteroatoms. The van der Waals surface area contributed by atoms with E-state index in [4.69, 9.17) is 5.11 Å². The number of thiophene rings is 1. The smallest absolute Gasteiger partial charge is 0.346 e. The molecule has 0 radical (unpaired) electrons. The number of aryl methyl sites for hydroxylation is 2. The molecule has 0 saturated carbocycles. The molecular formula is C13H13NO5S2. The maximum absolute atomic E-state index is 12.3. The van der Waals surface area contributed by atoms with E-state index >= 15 is 0 Å². The van der Waals surface area contributed by atoms with Gasteiger partial charge in [-0.1, -0.05) is 0 Å². The molecule has 3 N–H and O–H groups in total. The van der Waals surface area contributed by atoms with Crippen molar-refractivity contribution >= 4 is 33.0 Å². The third-order valence-corrected chi connectivity index (χ3v) is 5.87. The SMILES string of the molecule is Cc1cc(O)ccc1NS(=O)(=O)c1cc(C)c(C(=O)O)s1. The maximum atomic E-state index is 12.3. The molecule has 0 atom stereocenters. The first-order valence-corrected chi connectivity index (χ1v) is 8.17. The number of rotatable bonds is 4. The highest BCUT2D eigenvalue weighted by atomic mass is 32.2. The Hall–Kier alpha value is -2.06. The average molecular weight is 327 g/mol. The van der Waals surface area contributed by atoms with Gasteiger partial charge >= 0.3 is 5.97 Å². The molecule has 2 rings (SSSR count). The number of sulfonamides is 1. The van der Waals surface area contributed by atoms with E-state index in [-0.39, 0.29) is 14.8 Å². The van der Waals surface area contributed by atoms with Crippen LogP contribution in [0.2, 0.25) is 0 Å². The summed E-state index contributed by atoms with van der Waals surface area (Å²) in [6, 6.07) is 5.57. The van der Waals surface area contributed by atoms with Gasteiger partial charge in [-0.15, -0.1) is 11.3 Å². The average Bonchev–Trinajstić information content (AvgIpc) is 2.76. The first kappa shape index (κ1) is 15.3. The number of carboxylic acids is 1. The highest BCUT2D eigenvalue weighted by Gasteiger charge is 2.22. The first-order valence-electron chi connectivity index (χ1n) is 5.87. The van der Waals surface area contributed by atoms with E-state index in [1.165, 1.54) is 24.3 Å². The summed E-state index contributed by atoms with van der Waals surface area (Å²) in [7, 11) is -3.86. The lowest BCUT2D eigenvalue weighted by molar-refractivity contribution is 0.0701. The van der Waals surface area contributed by atoms with Crippen LogP contribution >= 0.6 is 11.3 Å². The van der Waals surface area contributed by atoms with E-state index in [0.717, 1.165) is 0 Å². The Morgan fingerprint density at radius 1 is 1.19 bits per heavy atom. The van der Waals surface area contributed by atoms with E-state index in [2.05, 4.69) is 4.72 Å². The first-order chi connectivity index (χ1) is 9.70.